The predicted molar refractivity (Wildman–Crippen MR) is 120 cm³/mol. The first-order valence-corrected chi connectivity index (χ1v) is 10.7. The molecule has 2 aromatic carbocycles. The van der Waals surface area contributed by atoms with E-state index >= 15 is 0 Å². The van der Waals surface area contributed by atoms with Crippen LogP contribution < -0.4 is 5.32 Å². The molecule has 8 heteroatoms. The van der Waals surface area contributed by atoms with E-state index in [0.717, 1.165) is 0 Å². The number of nitrogens with one attached hydrogen (secondary N) is 1. The lowest BCUT2D eigenvalue weighted by atomic mass is 10.1. The predicted octanol–water partition coefficient (Wildman–Crippen LogP) is 5.79. The molecule has 0 aliphatic heterocycles. The van der Waals surface area contributed by atoms with E-state index in [1.54, 1.807) is 41.3 Å². The van der Waals surface area contributed by atoms with E-state index < -0.39 is 6.04 Å². The average molecular weight is 476 g/mol. The van der Waals surface area contributed by atoms with E-state index in [1.807, 2.05) is 13.8 Å². The van der Waals surface area contributed by atoms with Gasteiger partial charge in [-0.2, -0.15) is 0 Å². The van der Waals surface area contributed by atoms with Crippen LogP contribution in [0.4, 0.5) is 0 Å². The minimum absolute atomic E-state index is 0.0814. The second-order valence-electron chi connectivity index (χ2n) is 6.50. The van der Waals surface area contributed by atoms with Gasteiger partial charge in [0.1, 0.15) is 6.04 Å². The standard InChI is InChI=1S/C21H22Cl4N2O2/c1-3-19(21(29)26-4-2)27(12-14-6-7-15(22)11-17(14)24)20(28)10-13-5-8-16(23)18(25)9-13/h5-9,11,19H,3-4,10,12H2,1-2H3,(H,26,29)/t19-/m0/s1. The fourth-order valence-electron chi connectivity index (χ4n) is 2.97. The number of amides is 2. The molecule has 2 aromatic rings. The molecule has 0 heterocycles. The first kappa shape index (κ1) is 23.8. The number of hydrogen-bond acceptors (Lipinski definition) is 2. The summed E-state index contributed by atoms with van der Waals surface area (Å²) in [6.45, 7) is 4.36. The lowest BCUT2D eigenvalue weighted by molar-refractivity contribution is -0.140. The normalized spacial score (nSPS) is 11.8. The van der Waals surface area contributed by atoms with Crippen molar-refractivity contribution in [3.8, 4) is 0 Å². The third kappa shape index (κ3) is 6.51. The zero-order valence-electron chi connectivity index (χ0n) is 16.1. The van der Waals surface area contributed by atoms with Gasteiger partial charge in [0.15, 0.2) is 0 Å². The highest BCUT2D eigenvalue weighted by Crippen LogP contribution is 2.26. The van der Waals surface area contributed by atoms with Crippen LogP contribution >= 0.6 is 46.4 Å². The molecule has 0 fully saturated rings. The van der Waals surface area contributed by atoms with Crippen molar-refractivity contribution in [2.75, 3.05) is 6.54 Å². The summed E-state index contributed by atoms with van der Waals surface area (Å²) in [6, 6.07) is 9.50. The molecular weight excluding hydrogens is 454 g/mol. The van der Waals surface area contributed by atoms with Crippen LogP contribution in [0.3, 0.4) is 0 Å². The molecule has 0 aliphatic carbocycles. The van der Waals surface area contributed by atoms with Crippen molar-refractivity contribution in [2.45, 2.75) is 39.3 Å². The monoisotopic (exact) mass is 474 g/mol. The van der Waals surface area contributed by atoms with Gasteiger partial charge < -0.3 is 10.2 Å². The molecule has 0 aliphatic rings. The molecule has 1 atom stereocenters. The SMILES string of the molecule is CCNC(=O)[C@H](CC)N(Cc1ccc(Cl)cc1Cl)C(=O)Cc1ccc(Cl)c(Cl)c1. The summed E-state index contributed by atoms with van der Waals surface area (Å²) in [5, 5.41) is 4.53. The Labute approximate surface area is 191 Å². The Morgan fingerprint density at radius 1 is 0.966 bits per heavy atom. The molecule has 0 saturated carbocycles. The topological polar surface area (TPSA) is 49.4 Å². The quantitative estimate of drug-likeness (QED) is 0.525. The Bertz CT molecular complexity index is 889. The second kappa shape index (κ2) is 11.1. The van der Waals surface area contributed by atoms with Gasteiger partial charge in [-0.3, -0.25) is 9.59 Å². The number of hydrogen-bond donors (Lipinski definition) is 1. The highest BCUT2D eigenvalue weighted by molar-refractivity contribution is 6.42. The van der Waals surface area contributed by atoms with E-state index in [1.165, 1.54) is 0 Å². The molecule has 0 spiro atoms. The number of benzene rings is 2. The molecule has 4 nitrogen and oxygen atoms in total. The number of carbonyl (C=O) groups excluding carboxylic acids is 2. The average Bonchev–Trinajstić information content (AvgIpc) is 2.66. The van der Waals surface area contributed by atoms with Gasteiger partial charge in [0.2, 0.25) is 11.8 Å². The first-order chi connectivity index (χ1) is 13.8. The maximum absolute atomic E-state index is 13.2. The summed E-state index contributed by atoms with van der Waals surface area (Å²) in [5.74, 6) is -0.421. The third-order valence-corrected chi connectivity index (χ3v) is 5.76. The van der Waals surface area contributed by atoms with Crippen molar-refractivity contribution in [1.29, 1.82) is 0 Å². The first-order valence-electron chi connectivity index (χ1n) is 9.21. The number of likely N-dealkylation sites (N-methyl/N-ethyl adjacent to an activating group) is 1. The molecule has 156 valence electrons. The van der Waals surface area contributed by atoms with Crippen molar-refractivity contribution in [1.82, 2.24) is 10.2 Å². The van der Waals surface area contributed by atoms with Crippen LogP contribution in [0.5, 0.6) is 0 Å². The van der Waals surface area contributed by atoms with Crippen molar-refractivity contribution >= 4 is 58.2 Å². The summed E-state index contributed by atoms with van der Waals surface area (Å²) in [7, 11) is 0. The Morgan fingerprint density at radius 3 is 2.28 bits per heavy atom. The van der Waals surface area contributed by atoms with E-state index in [0.29, 0.717) is 44.2 Å². The summed E-state index contributed by atoms with van der Waals surface area (Å²) in [4.78, 5) is 27.3. The number of rotatable bonds is 8. The lowest BCUT2D eigenvalue weighted by Crippen LogP contribution is -2.49. The smallest absolute Gasteiger partial charge is 0.242 e. The molecule has 0 bridgehead atoms. The van der Waals surface area contributed by atoms with Gasteiger partial charge in [-0.1, -0.05) is 65.5 Å². The molecule has 2 amide bonds. The van der Waals surface area contributed by atoms with E-state index in [-0.39, 0.29) is 24.8 Å². The summed E-state index contributed by atoms with van der Waals surface area (Å²) < 4.78 is 0. The van der Waals surface area contributed by atoms with Crippen LogP contribution in [0.25, 0.3) is 0 Å². The minimum Gasteiger partial charge on any atom is -0.355 e. The molecule has 2 rings (SSSR count). The maximum Gasteiger partial charge on any atom is 0.242 e. The Morgan fingerprint density at radius 2 is 1.69 bits per heavy atom. The van der Waals surface area contributed by atoms with Gasteiger partial charge in [0.05, 0.1) is 16.5 Å². The second-order valence-corrected chi connectivity index (χ2v) is 8.16. The fourth-order valence-corrected chi connectivity index (χ4v) is 3.76. The van der Waals surface area contributed by atoms with Gasteiger partial charge >= 0.3 is 0 Å². The van der Waals surface area contributed by atoms with Gasteiger partial charge in [-0.15, -0.1) is 0 Å². The Balaban J connectivity index is 2.34. The molecular formula is C21H22Cl4N2O2. The van der Waals surface area contributed by atoms with Crippen LogP contribution in [0.15, 0.2) is 36.4 Å². The van der Waals surface area contributed by atoms with E-state index in [9.17, 15) is 9.59 Å². The highest BCUT2D eigenvalue weighted by Gasteiger charge is 2.29. The zero-order valence-corrected chi connectivity index (χ0v) is 19.2. The Kier molecular flexibility index (Phi) is 9.09. The van der Waals surface area contributed by atoms with Crippen molar-refractivity contribution < 1.29 is 9.59 Å². The summed E-state index contributed by atoms with van der Waals surface area (Å²) in [5.41, 5.74) is 1.42. The van der Waals surface area contributed by atoms with Crippen LogP contribution in [0.1, 0.15) is 31.4 Å². The molecule has 1 N–H and O–H groups in total. The van der Waals surface area contributed by atoms with Crippen LogP contribution in [-0.4, -0.2) is 29.3 Å². The molecule has 0 saturated heterocycles. The van der Waals surface area contributed by atoms with Crippen LogP contribution in [-0.2, 0) is 22.6 Å². The van der Waals surface area contributed by atoms with E-state index in [2.05, 4.69) is 5.32 Å². The van der Waals surface area contributed by atoms with Gasteiger partial charge in [-0.25, -0.2) is 0 Å². The van der Waals surface area contributed by atoms with E-state index in [4.69, 9.17) is 46.4 Å². The number of halogens is 4. The Hall–Kier alpha value is -1.46. The van der Waals surface area contributed by atoms with Crippen molar-refractivity contribution in [3.63, 3.8) is 0 Å². The molecule has 0 unspecified atom stereocenters. The van der Waals surface area contributed by atoms with Crippen molar-refractivity contribution in [2.24, 2.45) is 0 Å². The highest BCUT2D eigenvalue weighted by atomic mass is 35.5. The van der Waals surface area contributed by atoms with Crippen LogP contribution in [0.2, 0.25) is 20.1 Å². The third-order valence-electron chi connectivity index (χ3n) is 4.43. The molecule has 29 heavy (non-hydrogen) atoms. The largest absolute Gasteiger partial charge is 0.355 e. The fraction of sp³-hybridized carbons (Fsp3) is 0.333. The van der Waals surface area contributed by atoms with Gasteiger partial charge in [-0.05, 0) is 48.7 Å². The lowest BCUT2D eigenvalue weighted by Gasteiger charge is -2.31. The number of nitrogens with zero attached hydrogens (tertiary/aromatic N) is 1. The molecule has 0 aromatic heterocycles. The number of carbonyl (C=O) groups is 2. The van der Waals surface area contributed by atoms with Gasteiger partial charge in [0, 0.05) is 23.1 Å². The van der Waals surface area contributed by atoms with Gasteiger partial charge in [0.25, 0.3) is 0 Å². The van der Waals surface area contributed by atoms with Crippen molar-refractivity contribution in [3.05, 3.63) is 67.6 Å². The summed E-state index contributed by atoms with van der Waals surface area (Å²) in [6.07, 6.45) is 0.544. The molecule has 0 radical (unpaired) electrons. The summed E-state index contributed by atoms with van der Waals surface area (Å²) >= 11 is 24.3. The minimum atomic E-state index is -0.628. The maximum atomic E-state index is 13.2. The van der Waals surface area contributed by atoms with Crippen LogP contribution in [0, 0.1) is 0 Å². The zero-order chi connectivity index (χ0) is 21.6.